The molecule has 0 aliphatic carbocycles. The summed E-state index contributed by atoms with van der Waals surface area (Å²) in [4.78, 5) is 27.4. The summed E-state index contributed by atoms with van der Waals surface area (Å²) in [5.74, 6) is 0.834. The van der Waals surface area contributed by atoms with Crippen LogP contribution in [-0.2, 0) is 22.6 Å². The number of benzene rings is 2. The van der Waals surface area contributed by atoms with Crippen molar-refractivity contribution in [3.05, 3.63) is 65.7 Å². The molecule has 6 nitrogen and oxygen atoms in total. The molecule has 0 spiro atoms. The van der Waals surface area contributed by atoms with Crippen molar-refractivity contribution in [2.24, 2.45) is 0 Å². The molecule has 0 aromatic heterocycles. The number of piperazine rings is 1. The molecule has 30 heavy (non-hydrogen) atoms. The van der Waals surface area contributed by atoms with E-state index in [9.17, 15) is 9.59 Å². The largest absolute Gasteiger partial charge is 0.497 e. The van der Waals surface area contributed by atoms with Gasteiger partial charge in [0.1, 0.15) is 38.5 Å². The molecule has 160 valence electrons. The third-order valence-electron chi connectivity index (χ3n) is 5.80. The van der Waals surface area contributed by atoms with Gasteiger partial charge in [-0.25, -0.2) is 0 Å². The SMILES string of the molecule is COc1ccc(C[NH+]2CC[NH+](CC(=O)N[C@H](Cc3ccccc3)C(C)=O)CC2)cc1. The van der Waals surface area contributed by atoms with Crippen LogP contribution in [0.25, 0.3) is 0 Å². The molecule has 1 aliphatic heterocycles. The number of hydrogen-bond donors (Lipinski definition) is 3. The fraction of sp³-hybridized carbons (Fsp3) is 0.417. The highest BCUT2D eigenvalue weighted by atomic mass is 16.5. The van der Waals surface area contributed by atoms with Crippen LogP contribution < -0.4 is 19.9 Å². The Morgan fingerprint density at radius 3 is 2.17 bits per heavy atom. The summed E-state index contributed by atoms with van der Waals surface area (Å²) in [5.41, 5.74) is 2.36. The van der Waals surface area contributed by atoms with Gasteiger partial charge in [-0.05, 0) is 43.2 Å². The molecule has 1 amide bonds. The molecule has 6 heteroatoms. The topological polar surface area (TPSA) is 64.3 Å². The Balaban J connectivity index is 1.43. The van der Waals surface area contributed by atoms with Crippen molar-refractivity contribution in [3.63, 3.8) is 0 Å². The quantitative estimate of drug-likeness (QED) is 0.511. The minimum atomic E-state index is -0.457. The fourth-order valence-corrected chi connectivity index (χ4v) is 3.96. The van der Waals surface area contributed by atoms with Crippen molar-refractivity contribution in [1.29, 1.82) is 0 Å². The molecular weight excluding hydrogens is 378 g/mol. The first-order valence-corrected chi connectivity index (χ1v) is 10.7. The van der Waals surface area contributed by atoms with E-state index in [1.54, 1.807) is 14.0 Å². The van der Waals surface area contributed by atoms with Crippen LogP contribution in [0.5, 0.6) is 5.75 Å². The Labute approximate surface area is 178 Å². The zero-order valence-corrected chi connectivity index (χ0v) is 17.9. The Morgan fingerprint density at radius 1 is 0.933 bits per heavy atom. The highest BCUT2D eigenvalue weighted by Gasteiger charge is 2.26. The molecule has 0 bridgehead atoms. The third kappa shape index (κ3) is 6.68. The molecule has 3 N–H and O–H groups in total. The molecule has 1 fully saturated rings. The number of carbonyl (C=O) groups is 2. The van der Waals surface area contributed by atoms with E-state index < -0.39 is 6.04 Å². The third-order valence-corrected chi connectivity index (χ3v) is 5.80. The first kappa shape index (κ1) is 22.0. The Kier molecular flexibility index (Phi) is 7.99. The number of carbonyl (C=O) groups excluding carboxylic acids is 2. The van der Waals surface area contributed by atoms with Crippen molar-refractivity contribution in [1.82, 2.24) is 5.32 Å². The van der Waals surface area contributed by atoms with Crippen LogP contribution in [-0.4, -0.2) is 57.6 Å². The smallest absolute Gasteiger partial charge is 0.275 e. The van der Waals surface area contributed by atoms with Gasteiger partial charge < -0.3 is 19.9 Å². The average molecular weight is 412 g/mol. The molecule has 0 unspecified atom stereocenters. The van der Waals surface area contributed by atoms with Crippen LogP contribution in [0.3, 0.4) is 0 Å². The first-order valence-electron chi connectivity index (χ1n) is 10.7. The highest BCUT2D eigenvalue weighted by molar-refractivity contribution is 5.88. The van der Waals surface area contributed by atoms with Crippen LogP contribution in [0, 0.1) is 0 Å². The summed E-state index contributed by atoms with van der Waals surface area (Å²) in [6.07, 6.45) is 0.539. The predicted molar refractivity (Wildman–Crippen MR) is 116 cm³/mol. The van der Waals surface area contributed by atoms with Crippen LogP contribution >= 0.6 is 0 Å². The van der Waals surface area contributed by atoms with Crippen molar-refractivity contribution >= 4 is 11.7 Å². The van der Waals surface area contributed by atoms with Crippen LogP contribution in [0.15, 0.2) is 54.6 Å². The van der Waals surface area contributed by atoms with Crippen molar-refractivity contribution in [2.75, 3.05) is 39.8 Å². The van der Waals surface area contributed by atoms with Gasteiger partial charge in [0.15, 0.2) is 12.3 Å². The van der Waals surface area contributed by atoms with Gasteiger partial charge in [0.25, 0.3) is 5.91 Å². The number of nitrogens with one attached hydrogen (secondary N) is 3. The van der Waals surface area contributed by atoms with Gasteiger partial charge in [-0.1, -0.05) is 30.3 Å². The summed E-state index contributed by atoms with van der Waals surface area (Å²) in [6.45, 7) is 6.96. The van der Waals surface area contributed by atoms with Crippen molar-refractivity contribution < 1.29 is 24.1 Å². The molecule has 1 saturated heterocycles. The number of ketones is 1. The number of ether oxygens (including phenoxy) is 1. The Bertz CT molecular complexity index is 815. The zero-order valence-electron chi connectivity index (χ0n) is 17.9. The molecule has 1 aliphatic rings. The second-order valence-electron chi connectivity index (χ2n) is 8.12. The lowest BCUT2D eigenvalue weighted by Crippen LogP contribution is -3.28. The van der Waals surface area contributed by atoms with Gasteiger partial charge in [-0.2, -0.15) is 0 Å². The van der Waals surface area contributed by atoms with Gasteiger partial charge in [0, 0.05) is 5.56 Å². The maximum atomic E-state index is 12.5. The van der Waals surface area contributed by atoms with Crippen molar-refractivity contribution in [2.45, 2.75) is 25.9 Å². The Morgan fingerprint density at radius 2 is 1.57 bits per heavy atom. The van der Waals surface area contributed by atoms with E-state index in [4.69, 9.17) is 4.74 Å². The van der Waals surface area contributed by atoms with Crippen molar-refractivity contribution in [3.8, 4) is 5.75 Å². The monoisotopic (exact) mass is 411 g/mol. The summed E-state index contributed by atoms with van der Waals surface area (Å²) in [5, 5.41) is 2.95. The normalized spacial score (nSPS) is 19.7. The zero-order chi connectivity index (χ0) is 21.3. The number of methoxy groups -OCH3 is 1. The summed E-state index contributed by atoms with van der Waals surface area (Å²) in [6, 6.07) is 17.6. The summed E-state index contributed by atoms with van der Waals surface area (Å²) >= 11 is 0. The van der Waals surface area contributed by atoms with E-state index >= 15 is 0 Å². The molecule has 0 radical (unpaired) electrons. The van der Waals surface area contributed by atoms with E-state index in [1.807, 2.05) is 42.5 Å². The van der Waals surface area contributed by atoms with E-state index in [1.165, 1.54) is 15.4 Å². The van der Waals surface area contributed by atoms with Gasteiger partial charge in [0.2, 0.25) is 0 Å². The molecule has 1 heterocycles. The first-order chi connectivity index (χ1) is 14.5. The minimum Gasteiger partial charge on any atom is -0.497 e. The van der Waals surface area contributed by atoms with E-state index in [0.717, 1.165) is 44.0 Å². The second-order valence-corrected chi connectivity index (χ2v) is 8.12. The predicted octanol–water partition coefficient (Wildman–Crippen LogP) is -0.705. The lowest BCUT2D eigenvalue weighted by Gasteiger charge is -2.29. The molecule has 2 aromatic carbocycles. The number of amides is 1. The lowest BCUT2D eigenvalue weighted by atomic mass is 10.0. The van der Waals surface area contributed by atoms with Gasteiger partial charge >= 0.3 is 0 Å². The standard InChI is InChI=1S/C24H31N3O3/c1-19(28)23(16-20-6-4-3-5-7-20)25-24(29)18-27-14-12-26(13-15-27)17-21-8-10-22(30-2)11-9-21/h3-11,23H,12-18H2,1-2H3,(H,25,29)/p+2/t23-/m1/s1. The number of rotatable bonds is 9. The van der Waals surface area contributed by atoms with Crippen LogP contribution in [0.2, 0.25) is 0 Å². The number of Topliss-reactive ketones (excluding diaryl/α,β-unsaturated/α-hetero) is 1. The second kappa shape index (κ2) is 10.9. The van der Waals surface area contributed by atoms with Crippen LogP contribution in [0.4, 0.5) is 0 Å². The lowest BCUT2D eigenvalue weighted by molar-refractivity contribution is -1.02. The maximum Gasteiger partial charge on any atom is 0.275 e. The molecule has 2 aromatic rings. The Hall–Kier alpha value is -2.70. The highest BCUT2D eigenvalue weighted by Crippen LogP contribution is 2.10. The fourth-order valence-electron chi connectivity index (χ4n) is 3.96. The van der Waals surface area contributed by atoms with Crippen LogP contribution in [0.1, 0.15) is 18.1 Å². The molecular formula is C24H33N3O3+2. The molecule has 0 saturated carbocycles. The number of hydrogen-bond acceptors (Lipinski definition) is 3. The molecule has 1 atom stereocenters. The minimum absolute atomic E-state index is 0.00374. The maximum absolute atomic E-state index is 12.5. The summed E-state index contributed by atoms with van der Waals surface area (Å²) in [7, 11) is 1.68. The van der Waals surface area contributed by atoms with E-state index in [0.29, 0.717) is 13.0 Å². The van der Waals surface area contributed by atoms with Gasteiger partial charge in [-0.3, -0.25) is 9.59 Å². The molecule has 3 rings (SSSR count). The summed E-state index contributed by atoms with van der Waals surface area (Å²) < 4.78 is 5.22. The average Bonchev–Trinajstić information content (AvgIpc) is 2.76. The van der Waals surface area contributed by atoms with Gasteiger partial charge in [0.05, 0.1) is 13.2 Å². The van der Waals surface area contributed by atoms with E-state index in [-0.39, 0.29) is 11.7 Å². The number of quaternary nitrogens is 2. The van der Waals surface area contributed by atoms with E-state index in [2.05, 4.69) is 17.4 Å². The van der Waals surface area contributed by atoms with Gasteiger partial charge in [-0.15, -0.1) is 0 Å².